The quantitative estimate of drug-likeness (QED) is 0.590. The molecule has 2 aromatic rings. The summed E-state index contributed by atoms with van der Waals surface area (Å²) >= 11 is 0. The second kappa shape index (κ2) is 10.3. The Hall–Kier alpha value is -2.71. The summed E-state index contributed by atoms with van der Waals surface area (Å²) in [6.45, 7) is 0.472. The zero-order valence-corrected chi connectivity index (χ0v) is 19.9. The second-order valence-corrected chi connectivity index (χ2v) is 12.8. The summed E-state index contributed by atoms with van der Waals surface area (Å²) in [6, 6.07) is 13.4. The van der Waals surface area contributed by atoms with E-state index in [1.807, 2.05) is 24.3 Å². The van der Waals surface area contributed by atoms with Gasteiger partial charge in [-0.1, -0.05) is 12.1 Å². The summed E-state index contributed by atoms with van der Waals surface area (Å²) in [7, 11) is 0.721. The van der Waals surface area contributed by atoms with Gasteiger partial charge in [-0.3, -0.25) is 4.79 Å². The first-order valence-electron chi connectivity index (χ1n) is 10.6. The van der Waals surface area contributed by atoms with Gasteiger partial charge < -0.3 is 25.4 Å². The van der Waals surface area contributed by atoms with Gasteiger partial charge in [-0.05, 0) is 78.5 Å². The third kappa shape index (κ3) is 5.75. The number of amides is 3. The molecule has 3 rings (SSSR count). The van der Waals surface area contributed by atoms with Crippen LogP contribution >= 0.6 is 10.0 Å². The molecule has 32 heavy (non-hydrogen) atoms. The molecule has 2 unspecified atom stereocenters. The fraction of sp³-hybridized carbons (Fsp3) is 0.417. The van der Waals surface area contributed by atoms with E-state index in [1.54, 1.807) is 36.3 Å². The molecule has 174 valence electrons. The van der Waals surface area contributed by atoms with Crippen molar-refractivity contribution in [3.8, 4) is 5.75 Å². The van der Waals surface area contributed by atoms with Crippen molar-refractivity contribution in [1.82, 2.24) is 10.2 Å². The number of aliphatic hydroxyl groups is 1. The predicted molar refractivity (Wildman–Crippen MR) is 130 cm³/mol. The number of nitrogens with one attached hydrogen (secondary N) is 2. The van der Waals surface area contributed by atoms with Crippen molar-refractivity contribution in [2.75, 3.05) is 44.3 Å². The number of urea groups is 1. The molecular formula is C24H33N3O4S. The summed E-state index contributed by atoms with van der Waals surface area (Å²) in [5.41, 5.74) is 1.32. The molecule has 8 heteroatoms. The number of aliphatic hydroxyl groups excluding tert-OH is 1. The number of anilines is 1. The smallest absolute Gasteiger partial charge is 0.318 e. The highest BCUT2D eigenvalue weighted by molar-refractivity contribution is 8.32. The molecule has 0 saturated carbocycles. The molecular weight excluding hydrogens is 426 g/mol. The van der Waals surface area contributed by atoms with Gasteiger partial charge in [0.1, 0.15) is 11.8 Å². The van der Waals surface area contributed by atoms with Crippen LogP contribution < -0.4 is 15.4 Å². The van der Waals surface area contributed by atoms with Crippen molar-refractivity contribution < 1.29 is 19.4 Å². The van der Waals surface area contributed by atoms with Crippen LogP contribution in [-0.2, 0) is 4.79 Å². The Morgan fingerprint density at radius 2 is 1.78 bits per heavy atom. The number of hydrogen-bond donors (Lipinski definition) is 3. The summed E-state index contributed by atoms with van der Waals surface area (Å²) in [5.74, 6) is 0.332. The van der Waals surface area contributed by atoms with Gasteiger partial charge in [0.15, 0.2) is 0 Å². The maximum Gasteiger partial charge on any atom is 0.318 e. The SMILES string of the molecule is COc1ccc(C(NC(=O)N2CCCC2CO)C(=O)Nc2ccc(S(C)(C)C)cc2)cc1. The first-order chi connectivity index (χ1) is 15.2. The van der Waals surface area contributed by atoms with Crippen LogP contribution in [0.5, 0.6) is 5.75 Å². The van der Waals surface area contributed by atoms with E-state index >= 15 is 0 Å². The third-order valence-corrected chi connectivity index (χ3v) is 7.34. The lowest BCUT2D eigenvalue weighted by Crippen LogP contribution is -2.47. The summed E-state index contributed by atoms with van der Waals surface area (Å²) < 4.78 is 5.21. The van der Waals surface area contributed by atoms with E-state index in [4.69, 9.17) is 4.74 Å². The fourth-order valence-electron chi connectivity index (χ4n) is 3.76. The van der Waals surface area contributed by atoms with Gasteiger partial charge in [0.05, 0.1) is 19.8 Å². The highest BCUT2D eigenvalue weighted by Crippen LogP contribution is 2.45. The van der Waals surface area contributed by atoms with E-state index in [2.05, 4.69) is 29.4 Å². The molecule has 0 spiro atoms. The van der Waals surface area contributed by atoms with Crippen LogP contribution in [0.25, 0.3) is 0 Å². The Balaban J connectivity index is 1.80. The normalized spacial score (nSPS) is 17.5. The second-order valence-electron chi connectivity index (χ2n) is 8.68. The topological polar surface area (TPSA) is 90.9 Å². The van der Waals surface area contributed by atoms with E-state index in [-0.39, 0.29) is 24.6 Å². The van der Waals surface area contributed by atoms with Gasteiger partial charge in [0.25, 0.3) is 5.91 Å². The number of hydrogen-bond acceptors (Lipinski definition) is 4. The molecule has 1 fully saturated rings. The number of nitrogens with zero attached hydrogens (tertiary/aromatic N) is 1. The van der Waals surface area contributed by atoms with Crippen LogP contribution in [-0.4, -0.2) is 67.0 Å². The number of carbonyl (C=O) groups is 2. The van der Waals surface area contributed by atoms with Crippen LogP contribution in [0.2, 0.25) is 0 Å². The number of methoxy groups -OCH3 is 1. The molecule has 0 aromatic heterocycles. The lowest BCUT2D eigenvalue weighted by molar-refractivity contribution is -0.118. The van der Waals surface area contributed by atoms with Crippen LogP contribution in [0.15, 0.2) is 53.4 Å². The van der Waals surface area contributed by atoms with E-state index in [0.29, 0.717) is 23.5 Å². The molecule has 1 heterocycles. The fourth-order valence-corrected chi connectivity index (χ4v) is 4.71. The Kier molecular flexibility index (Phi) is 7.69. The third-order valence-electron chi connectivity index (χ3n) is 5.66. The minimum atomic E-state index is -0.888. The minimum Gasteiger partial charge on any atom is -0.497 e. The van der Waals surface area contributed by atoms with Gasteiger partial charge in [0, 0.05) is 12.2 Å². The van der Waals surface area contributed by atoms with Crippen molar-refractivity contribution in [3.63, 3.8) is 0 Å². The highest BCUT2D eigenvalue weighted by Gasteiger charge is 2.31. The van der Waals surface area contributed by atoms with Gasteiger partial charge in [-0.15, -0.1) is 0 Å². The van der Waals surface area contributed by atoms with Crippen LogP contribution in [0.4, 0.5) is 10.5 Å². The molecule has 0 bridgehead atoms. The molecule has 0 radical (unpaired) electrons. The molecule has 2 atom stereocenters. The number of rotatable bonds is 7. The maximum atomic E-state index is 13.2. The number of carbonyl (C=O) groups excluding carboxylic acids is 2. The zero-order valence-electron chi connectivity index (χ0n) is 19.1. The van der Waals surface area contributed by atoms with Crippen LogP contribution in [0.1, 0.15) is 24.4 Å². The predicted octanol–water partition coefficient (Wildman–Crippen LogP) is 3.59. The highest BCUT2D eigenvalue weighted by atomic mass is 32.3. The Bertz CT molecular complexity index is 926. The Labute approximate surface area is 191 Å². The van der Waals surface area contributed by atoms with Gasteiger partial charge in [-0.2, -0.15) is 0 Å². The standard InChI is InChI=1S/C24H33N3O4S/c1-31-20-11-7-17(8-12-20)22(26-24(30)27-15-5-6-19(27)16-28)23(29)25-18-9-13-21(14-10-18)32(2,3)4/h7-14,19,22,28H,5-6,15-16H2,1-4H3,(H,25,29)(H,26,30). The molecule has 2 aromatic carbocycles. The number of likely N-dealkylation sites (tertiary alicyclic amines) is 1. The zero-order chi connectivity index (χ0) is 23.3. The lowest BCUT2D eigenvalue weighted by Gasteiger charge is -2.27. The summed E-state index contributed by atoms with van der Waals surface area (Å²) in [4.78, 5) is 29.0. The minimum absolute atomic E-state index is 0.0884. The van der Waals surface area contributed by atoms with Crippen molar-refractivity contribution in [2.24, 2.45) is 0 Å². The van der Waals surface area contributed by atoms with Gasteiger partial charge in [0.2, 0.25) is 0 Å². The molecule has 1 saturated heterocycles. The molecule has 3 N–H and O–H groups in total. The molecule has 1 aliphatic heterocycles. The first kappa shape index (κ1) is 23.9. The monoisotopic (exact) mass is 459 g/mol. The average Bonchev–Trinajstić information content (AvgIpc) is 3.26. The van der Waals surface area contributed by atoms with Crippen molar-refractivity contribution in [3.05, 3.63) is 54.1 Å². The average molecular weight is 460 g/mol. The van der Waals surface area contributed by atoms with E-state index in [1.165, 1.54) is 4.90 Å². The molecule has 3 amide bonds. The largest absolute Gasteiger partial charge is 0.497 e. The van der Waals surface area contributed by atoms with E-state index in [0.717, 1.165) is 12.8 Å². The Morgan fingerprint density at radius 1 is 1.12 bits per heavy atom. The lowest BCUT2D eigenvalue weighted by atomic mass is 10.1. The first-order valence-corrected chi connectivity index (χ1v) is 13.5. The molecule has 7 nitrogen and oxygen atoms in total. The maximum absolute atomic E-state index is 13.2. The van der Waals surface area contributed by atoms with Crippen molar-refractivity contribution >= 4 is 27.7 Å². The van der Waals surface area contributed by atoms with Gasteiger partial charge in [-0.25, -0.2) is 14.8 Å². The van der Waals surface area contributed by atoms with E-state index < -0.39 is 16.1 Å². The van der Waals surface area contributed by atoms with E-state index in [9.17, 15) is 14.7 Å². The molecule has 0 aliphatic carbocycles. The molecule has 1 aliphatic rings. The summed E-state index contributed by atoms with van der Waals surface area (Å²) in [6.07, 6.45) is 8.24. The van der Waals surface area contributed by atoms with Crippen LogP contribution in [0, 0.1) is 0 Å². The van der Waals surface area contributed by atoms with Crippen LogP contribution in [0.3, 0.4) is 0 Å². The number of benzene rings is 2. The van der Waals surface area contributed by atoms with Crippen molar-refractivity contribution in [2.45, 2.75) is 29.8 Å². The number of ether oxygens (including phenoxy) is 1. The van der Waals surface area contributed by atoms with Gasteiger partial charge >= 0.3 is 6.03 Å². The summed E-state index contributed by atoms with van der Waals surface area (Å²) in [5, 5.41) is 15.3. The van der Waals surface area contributed by atoms with Crippen molar-refractivity contribution in [1.29, 1.82) is 0 Å². The Morgan fingerprint density at radius 3 is 2.34 bits per heavy atom.